The number of carbonyl (C=O) groups excluding carboxylic acids is 1. The van der Waals surface area contributed by atoms with Crippen molar-refractivity contribution in [3.05, 3.63) is 58.6 Å². The fourth-order valence-corrected chi connectivity index (χ4v) is 6.01. The molecule has 0 unspecified atom stereocenters. The van der Waals surface area contributed by atoms with Gasteiger partial charge in [0.2, 0.25) is 5.91 Å². The summed E-state index contributed by atoms with van der Waals surface area (Å²) < 4.78 is 23.7. The maximum absolute atomic E-state index is 13.6. The van der Waals surface area contributed by atoms with Crippen LogP contribution in [0.3, 0.4) is 0 Å². The minimum absolute atomic E-state index is 0.0854. The molecule has 2 aliphatic rings. The molecule has 10 heteroatoms. The number of rotatable bonds is 5. The molecular formula is C25H26ClN3O5S. The summed E-state index contributed by atoms with van der Waals surface area (Å²) in [4.78, 5) is 29.1. The highest BCUT2D eigenvalue weighted by atomic mass is 35.5. The number of amides is 1. The normalized spacial score (nSPS) is 21.1. The summed E-state index contributed by atoms with van der Waals surface area (Å²) in [5.74, 6) is -1.56. The fourth-order valence-electron chi connectivity index (χ4n) is 5.10. The number of carbonyl (C=O) groups is 2. The van der Waals surface area contributed by atoms with Crippen molar-refractivity contribution in [3.8, 4) is 6.07 Å². The first-order chi connectivity index (χ1) is 16.6. The van der Waals surface area contributed by atoms with Crippen LogP contribution in [0.1, 0.15) is 42.9 Å². The van der Waals surface area contributed by atoms with Gasteiger partial charge in [0, 0.05) is 30.3 Å². The third-order valence-corrected chi connectivity index (χ3v) is 8.34. The molecule has 0 aromatic heterocycles. The molecule has 2 aromatic rings. The second kappa shape index (κ2) is 9.88. The van der Waals surface area contributed by atoms with Crippen molar-refractivity contribution in [3.63, 3.8) is 0 Å². The van der Waals surface area contributed by atoms with Crippen molar-refractivity contribution in [2.75, 3.05) is 24.2 Å². The van der Waals surface area contributed by atoms with Crippen molar-refractivity contribution >= 4 is 39.0 Å². The zero-order chi connectivity index (χ0) is 25.3. The smallest absolute Gasteiger partial charge is 0.326 e. The Labute approximate surface area is 209 Å². The van der Waals surface area contributed by atoms with Crippen LogP contribution in [0.15, 0.2) is 47.4 Å². The Bertz CT molecular complexity index is 1300. The predicted octanol–water partition coefficient (Wildman–Crippen LogP) is 3.65. The molecule has 2 fully saturated rings. The lowest BCUT2D eigenvalue weighted by molar-refractivity contribution is -0.152. The van der Waals surface area contributed by atoms with E-state index in [-0.39, 0.29) is 28.3 Å². The molecule has 0 radical (unpaired) electrons. The van der Waals surface area contributed by atoms with Gasteiger partial charge in [0.1, 0.15) is 12.1 Å². The van der Waals surface area contributed by atoms with Gasteiger partial charge >= 0.3 is 5.97 Å². The number of hydrogen-bond acceptors (Lipinski definition) is 6. The number of halogens is 1. The first kappa shape index (κ1) is 25.0. The SMILES string of the molecule is CS(=O)(=O)c1ccc(N2CCC(C(=O)N3[C@@H](c4ccccc4Cl)CC[C@H]3C(=O)O)CC2)c(C#N)c1. The molecule has 2 heterocycles. The Hall–Kier alpha value is -3.09. The van der Waals surface area contributed by atoms with Crippen LogP contribution in [-0.2, 0) is 19.4 Å². The third kappa shape index (κ3) is 5.00. The summed E-state index contributed by atoms with van der Waals surface area (Å²) >= 11 is 6.39. The largest absolute Gasteiger partial charge is 0.480 e. The Balaban J connectivity index is 1.53. The van der Waals surface area contributed by atoms with Gasteiger partial charge in [-0.1, -0.05) is 29.8 Å². The summed E-state index contributed by atoms with van der Waals surface area (Å²) in [7, 11) is -3.43. The van der Waals surface area contributed by atoms with E-state index in [1.807, 2.05) is 17.0 Å². The summed E-state index contributed by atoms with van der Waals surface area (Å²) in [6.45, 7) is 0.983. The lowest BCUT2D eigenvalue weighted by Crippen LogP contribution is -2.47. The average Bonchev–Trinajstić information content (AvgIpc) is 3.28. The first-order valence-electron chi connectivity index (χ1n) is 11.4. The quantitative estimate of drug-likeness (QED) is 0.645. The van der Waals surface area contributed by atoms with E-state index in [4.69, 9.17) is 11.6 Å². The van der Waals surface area contributed by atoms with Gasteiger partial charge in [-0.05, 0) is 55.5 Å². The number of nitriles is 1. The highest BCUT2D eigenvalue weighted by molar-refractivity contribution is 7.90. The van der Waals surface area contributed by atoms with Gasteiger partial charge in [0.15, 0.2) is 9.84 Å². The van der Waals surface area contributed by atoms with Crippen molar-refractivity contribution in [2.45, 2.75) is 42.7 Å². The second-order valence-corrected chi connectivity index (χ2v) is 11.5. The van der Waals surface area contributed by atoms with Crippen molar-refractivity contribution in [2.24, 2.45) is 5.92 Å². The Kier molecular flexibility index (Phi) is 7.06. The minimum Gasteiger partial charge on any atom is -0.480 e. The van der Waals surface area contributed by atoms with E-state index < -0.39 is 21.8 Å². The van der Waals surface area contributed by atoms with Crippen LogP contribution >= 0.6 is 11.6 Å². The highest BCUT2D eigenvalue weighted by Crippen LogP contribution is 2.41. The van der Waals surface area contributed by atoms with Crippen LogP contribution in [0.25, 0.3) is 0 Å². The summed E-state index contributed by atoms with van der Waals surface area (Å²) in [6.07, 6.45) is 2.99. The van der Waals surface area contributed by atoms with E-state index in [9.17, 15) is 28.4 Å². The number of aliphatic carboxylic acids is 1. The highest BCUT2D eigenvalue weighted by Gasteiger charge is 2.44. The van der Waals surface area contributed by atoms with Crippen LogP contribution in [0.5, 0.6) is 0 Å². The molecule has 8 nitrogen and oxygen atoms in total. The third-order valence-electron chi connectivity index (χ3n) is 6.89. The number of carboxylic acid groups (broad SMARTS) is 1. The maximum atomic E-state index is 13.6. The number of sulfone groups is 1. The molecule has 1 N–H and O–H groups in total. The molecule has 2 saturated heterocycles. The Morgan fingerprint density at radius 2 is 1.77 bits per heavy atom. The van der Waals surface area contributed by atoms with E-state index in [0.717, 1.165) is 11.8 Å². The lowest BCUT2D eigenvalue weighted by atomic mass is 9.93. The first-order valence-corrected chi connectivity index (χ1v) is 13.7. The molecule has 2 aliphatic heterocycles. The monoisotopic (exact) mass is 515 g/mol. The number of piperidine rings is 1. The number of carboxylic acids is 1. The van der Waals surface area contributed by atoms with Crippen molar-refractivity contribution < 1.29 is 23.1 Å². The molecular weight excluding hydrogens is 490 g/mol. The van der Waals surface area contributed by atoms with Gasteiger partial charge in [-0.15, -0.1) is 0 Å². The molecule has 0 bridgehead atoms. The molecule has 4 rings (SSSR count). The second-order valence-electron chi connectivity index (χ2n) is 9.04. The van der Waals surface area contributed by atoms with E-state index in [0.29, 0.717) is 49.5 Å². The Morgan fingerprint density at radius 3 is 2.37 bits per heavy atom. The van der Waals surface area contributed by atoms with Crippen LogP contribution in [0, 0.1) is 17.2 Å². The predicted molar refractivity (Wildman–Crippen MR) is 131 cm³/mol. The number of hydrogen-bond donors (Lipinski definition) is 1. The zero-order valence-corrected chi connectivity index (χ0v) is 20.8. The molecule has 35 heavy (non-hydrogen) atoms. The fraction of sp³-hybridized carbons (Fsp3) is 0.400. The molecule has 0 aliphatic carbocycles. The zero-order valence-electron chi connectivity index (χ0n) is 19.2. The number of anilines is 1. The van der Waals surface area contributed by atoms with Gasteiger partial charge in [-0.3, -0.25) is 4.79 Å². The number of benzene rings is 2. The summed E-state index contributed by atoms with van der Waals surface area (Å²) in [6, 6.07) is 12.5. The summed E-state index contributed by atoms with van der Waals surface area (Å²) in [5.41, 5.74) is 1.65. The van der Waals surface area contributed by atoms with Gasteiger partial charge in [0.25, 0.3) is 0 Å². The molecule has 0 spiro atoms. The maximum Gasteiger partial charge on any atom is 0.326 e. The van der Waals surface area contributed by atoms with Gasteiger partial charge in [-0.25, -0.2) is 13.2 Å². The van der Waals surface area contributed by atoms with Crippen molar-refractivity contribution in [1.82, 2.24) is 4.90 Å². The van der Waals surface area contributed by atoms with E-state index >= 15 is 0 Å². The van der Waals surface area contributed by atoms with E-state index in [1.54, 1.807) is 18.2 Å². The van der Waals surface area contributed by atoms with Gasteiger partial charge in [-0.2, -0.15) is 5.26 Å². The number of nitrogens with zero attached hydrogens (tertiary/aromatic N) is 3. The molecule has 1 amide bonds. The molecule has 2 aromatic carbocycles. The van der Waals surface area contributed by atoms with Crippen LogP contribution in [0.2, 0.25) is 5.02 Å². The molecule has 184 valence electrons. The van der Waals surface area contributed by atoms with Crippen LogP contribution < -0.4 is 4.90 Å². The molecule has 2 atom stereocenters. The topological polar surface area (TPSA) is 119 Å². The average molecular weight is 516 g/mol. The minimum atomic E-state index is -3.43. The van der Waals surface area contributed by atoms with E-state index in [1.165, 1.54) is 17.0 Å². The Morgan fingerprint density at radius 1 is 1.09 bits per heavy atom. The molecule has 0 saturated carbocycles. The van der Waals surface area contributed by atoms with E-state index in [2.05, 4.69) is 6.07 Å². The van der Waals surface area contributed by atoms with Crippen LogP contribution in [-0.4, -0.2) is 55.7 Å². The van der Waals surface area contributed by atoms with Gasteiger partial charge < -0.3 is 14.9 Å². The summed E-state index contributed by atoms with van der Waals surface area (Å²) in [5, 5.41) is 19.9. The lowest BCUT2D eigenvalue weighted by Gasteiger charge is -2.37. The van der Waals surface area contributed by atoms with Gasteiger partial charge in [0.05, 0.1) is 22.2 Å². The van der Waals surface area contributed by atoms with Crippen LogP contribution in [0.4, 0.5) is 5.69 Å². The number of likely N-dealkylation sites (tertiary alicyclic amines) is 1. The standard InChI is InChI=1S/C25H26ClN3O5S/c1-35(33,34)18-6-7-21(17(14-18)15-27)28-12-10-16(11-13-28)24(30)29-22(8-9-23(29)25(31)32)19-4-2-3-5-20(19)26/h2-7,14,16,22-23H,8-13H2,1H3,(H,31,32)/t22-,23+/m1/s1. The van der Waals surface area contributed by atoms with Crippen molar-refractivity contribution in [1.29, 1.82) is 5.26 Å².